The van der Waals surface area contributed by atoms with Gasteiger partial charge in [0.25, 0.3) is 5.91 Å². The average Bonchev–Trinajstić information content (AvgIpc) is 2.74. The van der Waals surface area contributed by atoms with Gasteiger partial charge >= 0.3 is 7.12 Å². The maximum Gasteiger partial charge on any atom is 0.488 e. The highest BCUT2D eigenvalue weighted by Crippen LogP contribution is 2.28. The molecule has 3 N–H and O–H groups in total. The lowest BCUT2D eigenvalue weighted by molar-refractivity contribution is 0.0981. The highest BCUT2D eigenvalue weighted by molar-refractivity contribution is 6.58. The molecule has 1 amide bonds. The van der Waals surface area contributed by atoms with E-state index in [9.17, 15) is 14.8 Å². The molecular weight excluding hydrogens is 253 g/mol. The monoisotopic (exact) mass is 265 g/mol. The molecule has 2 aromatic rings. The van der Waals surface area contributed by atoms with Crippen molar-refractivity contribution in [3.05, 3.63) is 60.2 Å². The van der Waals surface area contributed by atoms with Crippen molar-refractivity contribution >= 4 is 24.2 Å². The molecule has 1 aliphatic heterocycles. The zero-order valence-corrected chi connectivity index (χ0v) is 10.6. The maximum atomic E-state index is 11.6. The largest absolute Gasteiger partial charge is 0.488 e. The first kappa shape index (κ1) is 12.7. The van der Waals surface area contributed by atoms with Gasteiger partial charge in [-0.25, -0.2) is 0 Å². The summed E-state index contributed by atoms with van der Waals surface area (Å²) in [6.45, 7) is 3.81. The average molecular weight is 265 g/mol. The number of amides is 1. The zero-order chi connectivity index (χ0) is 14.3. The third-order valence-corrected chi connectivity index (χ3v) is 3.37. The van der Waals surface area contributed by atoms with E-state index in [1.54, 1.807) is 24.3 Å². The van der Waals surface area contributed by atoms with Crippen LogP contribution in [0.4, 0.5) is 0 Å². The summed E-state index contributed by atoms with van der Waals surface area (Å²) in [4.78, 5) is 11.6. The van der Waals surface area contributed by atoms with Crippen molar-refractivity contribution in [1.82, 2.24) is 5.32 Å². The fourth-order valence-corrected chi connectivity index (χ4v) is 2.32. The number of fused-ring (bicyclic) bond motifs is 1. The van der Waals surface area contributed by atoms with Crippen LogP contribution in [0, 0.1) is 0 Å². The molecule has 20 heavy (non-hydrogen) atoms. The minimum Gasteiger partial charge on any atom is -0.423 e. The lowest BCUT2D eigenvalue weighted by atomic mass is 9.79. The number of rotatable bonds is 2. The number of hydrogen-bond acceptors (Lipinski definition) is 3. The molecule has 1 aliphatic rings. The molecule has 1 heterocycles. The number of benzene rings is 2. The van der Waals surface area contributed by atoms with Crippen LogP contribution in [0.15, 0.2) is 49.0 Å². The molecule has 0 saturated heterocycles. The smallest absolute Gasteiger partial charge is 0.423 e. The van der Waals surface area contributed by atoms with Crippen LogP contribution in [0.1, 0.15) is 15.9 Å². The molecule has 98 valence electrons. The van der Waals surface area contributed by atoms with E-state index in [1.165, 1.54) is 0 Å². The quantitative estimate of drug-likeness (QED) is 0.702. The molecule has 3 rings (SSSR count). The van der Waals surface area contributed by atoms with Crippen molar-refractivity contribution in [3.8, 4) is 11.1 Å². The second-order valence-corrected chi connectivity index (χ2v) is 4.69. The van der Waals surface area contributed by atoms with Gasteiger partial charge in [0.15, 0.2) is 0 Å². The summed E-state index contributed by atoms with van der Waals surface area (Å²) in [6.07, 6.45) is 0. The summed E-state index contributed by atoms with van der Waals surface area (Å²) in [5.41, 5.74) is 4.15. The van der Waals surface area contributed by atoms with Crippen molar-refractivity contribution in [2.24, 2.45) is 0 Å². The fraction of sp³-hybridized carbons (Fsp3) is 0. The van der Waals surface area contributed by atoms with Crippen LogP contribution in [0.5, 0.6) is 0 Å². The Morgan fingerprint density at radius 1 is 1.00 bits per heavy atom. The van der Waals surface area contributed by atoms with Gasteiger partial charge in [-0.15, -0.1) is 0 Å². The van der Waals surface area contributed by atoms with Gasteiger partial charge < -0.3 is 15.4 Å². The minimum absolute atomic E-state index is 0.143. The van der Waals surface area contributed by atoms with Gasteiger partial charge in [-0.05, 0) is 28.7 Å². The van der Waals surface area contributed by atoms with Crippen LogP contribution in [0.25, 0.3) is 16.8 Å². The first-order valence-electron chi connectivity index (χ1n) is 6.17. The summed E-state index contributed by atoms with van der Waals surface area (Å²) in [5, 5.41) is 21.1. The Labute approximate surface area is 116 Å². The van der Waals surface area contributed by atoms with E-state index in [0.29, 0.717) is 16.7 Å². The first-order valence-corrected chi connectivity index (χ1v) is 6.17. The summed E-state index contributed by atoms with van der Waals surface area (Å²) >= 11 is 0. The Bertz CT molecular complexity index is 725. The molecular formula is C15H12BNO3. The van der Waals surface area contributed by atoms with Gasteiger partial charge in [0, 0.05) is 16.8 Å². The summed E-state index contributed by atoms with van der Waals surface area (Å²) in [6, 6.07) is 12.4. The Balaban J connectivity index is 2.08. The lowest BCUT2D eigenvalue weighted by Gasteiger charge is -2.07. The van der Waals surface area contributed by atoms with Gasteiger partial charge in [-0.1, -0.05) is 36.9 Å². The van der Waals surface area contributed by atoms with Crippen LogP contribution in [0.2, 0.25) is 0 Å². The third kappa shape index (κ3) is 2.03. The molecule has 0 bridgehead atoms. The molecule has 0 spiro atoms. The summed E-state index contributed by atoms with van der Waals surface area (Å²) in [5.74, 6) is -0.143. The molecule has 0 fully saturated rings. The lowest BCUT2D eigenvalue weighted by Crippen LogP contribution is -2.29. The van der Waals surface area contributed by atoms with Crippen LogP contribution in [0.3, 0.4) is 0 Å². The fourth-order valence-electron chi connectivity index (χ4n) is 2.32. The van der Waals surface area contributed by atoms with Gasteiger partial charge in [-0.3, -0.25) is 4.79 Å². The van der Waals surface area contributed by atoms with Crippen molar-refractivity contribution in [3.63, 3.8) is 0 Å². The van der Waals surface area contributed by atoms with E-state index in [-0.39, 0.29) is 5.91 Å². The minimum atomic E-state index is -1.50. The number of carbonyl (C=O) groups is 1. The van der Waals surface area contributed by atoms with Gasteiger partial charge in [0.2, 0.25) is 0 Å². The van der Waals surface area contributed by atoms with E-state index in [2.05, 4.69) is 11.9 Å². The molecule has 4 nitrogen and oxygen atoms in total. The molecule has 0 unspecified atom stereocenters. The Kier molecular flexibility index (Phi) is 2.93. The number of hydrogen-bond donors (Lipinski definition) is 3. The second kappa shape index (κ2) is 4.63. The van der Waals surface area contributed by atoms with Crippen molar-refractivity contribution in [1.29, 1.82) is 0 Å². The van der Waals surface area contributed by atoms with E-state index < -0.39 is 7.12 Å². The highest BCUT2D eigenvalue weighted by Gasteiger charge is 2.22. The van der Waals surface area contributed by atoms with Gasteiger partial charge in [0.1, 0.15) is 0 Å². The van der Waals surface area contributed by atoms with Crippen LogP contribution in [-0.2, 0) is 0 Å². The molecule has 0 aliphatic carbocycles. The molecule has 5 heteroatoms. The number of carbonyl (C=O) groups excluding carboxylic acids is 1. The van der Waals surface area contributed by atoms with Crippen LogP contribution < -0.4 is 10.8 Å². The highest BCUT2D eigenvalue weighted by atomic mass is 16.4. The topological polar surface area (TPSA) is 69.6 Å². The van der Waals surface area contributed by atoms with Crippen LogP contribution >= 0.6 is 0 Å². The van der Waals surface area contributed by atoms with Gasteiger partial charge in [0.05, 0.1) is 0 Å². The molecule has 0 aromatic heterocycles. The van der Waals surface area contributed by atoms with Crippen molar-refractivity contribution in [2.75, 3.05) is 0 Å². The van der Waals surface area contributed by atoms with E-state index in [4.69, 9.17) is 0 Å². The van der Waals surface area contributed by atoms with E-state index in [1.807, 2.05) is 18.2 Å². The molecule has 0 saturated carbocycles. The third-order valence-electron chi connectivity index (χ3n) is 3.37. The summed E-state index contributed by atoms with van der Waals surface area (Å²) in [7, 11) is -1.50. The zero-order valence-electron chi connectivity index (χ0n) is 10.6. The SMILES string of the molecule is C=C1NC(=O)c2ccc(-c3cccc(B(O)O)c3)cc21. The molecule has 0 radical (unpaired) electrons. The Hall–Kier alpha value is -2.37. The normalized spacial score (nSPS) is 13.1. The van der Waals surface area contributed by atoms with Crippen molar-refractivity contribution < 1.29 is 14.8 Å². The second-order valence-electron chi connectivity index (χ2n) is 4.69. The Morgan fingerprint density at radius 3 is 2.50 bits per heavy atom. The maximum absolute atomic E-state index is 11.6. The predicted molar refractivity (Wildman–Crippen MR) is 78.2 cm³/mol. The van der Waals surface area contributed by atoms with Crippen LogP contribution in [-0.4, -0.2) is 23.1 Å². The van der Waals surface area contributed by atoms with E-state index >= 15 is 0 Å². The van der Waals surface area contributed by atoms with Crippen molar-refractivity contribution in [2.45, 2.75) is 0 Å². The number of nitrogens with one attached hydrogen (secondary N) is 1. The Morgan fingerprint density at radius 2 is 1.75 bits per heavy atom. The standard InChI is InChI=1S/C15H12BNO3/c1-9-14-8-11(5-6-13(14)15(18)17-9)10-3-2-4-12(7-10)16(19)20/h2-8,19-20H,1H2,(H,17,18). The predicted octanol–water partition coefficient (Wildman–Crippen LogP) is 0.747. The summed E-state index contributed by atoms with van der Waals surface area (Å²) < 4.78 is 0. The first-order chi connectivity index (χ1) is 9.56. The van der Waals surface area contributed by atoms with E-state index in [0.717, 1.165) is 16.7 Å². The van der Waals surface area contributed by atoms with Gasteiger partial charge in [-0.2, -0.15) is 0 Å². The molecule has 2 aromatic carbocycles. The molecule has 0 atom stereocenters.